The van der Waals surface area contributed by atoms with Crippen molar-refractivity contribution in [2.24, 2.45) is 0 Å². The van der Waals surface area contributed by atoms with Crippen LogP contribution in [0.3, 0.4) is 0 Å². The summed E-state index contributed by atoms with van der Waals surface area (Å²) in [6, 6.07) is 6.68. The molecule has 11 heteroatoms. The lowest BCUT2D eigenvalue weighted by Gasteiger charge is -2.18. The molecular formula is C21H24F4N2O4S. The number of alkyl halides is 3. The average molecular weight is 476 g/mol. The number of amides is 1. The van der Waals surface area contributed by atoms with E-state index in [1.54, 1.807) is 13.8 Å². The van der Waals surface area contributed by atoms with Crippen molar-refractivity contribution < 1.29 is 35.5 Å². The van der Waals surface area contributed by atoms with E-state index in [0.29, 0.717) is 11.1 Å². The van der Waals surface area contributed by atoms with E-state index in [0.717, 1.165) is 24.5 Å². The fraction of sp³-hybridized carbons (Fsp3) is 0.381. The Morgan fingerprint density at radius 1 is 1.09 bits per heavy atom. The summed E-state index contributed by atoms with van der Waals surface area (Å²) in [6.07, 6.45) is -4.03. The highest BCUT2D eigenvalue weighted by Crippen LogP contribution is 2.33. The summed E-state index contributed by atoms with van der Waals surface area (Å²) >= 11 is 0. The molecule has 2 N–H and O–H groups in total. The van der Waals surface area contributed by atoms with E-state index in [1.807, 2.05) is 4.72 Å². The molecule has 2 aromatic rings. The number of hydrogen-bond acceptors (Lipinski definition) is 4. The Labute approximate surface area is 184 Å². The molecule has 0 radical (unpaired) electrons. The van der Waals surface area contributed by atoms with E-state index in [9.17, 15) is 30.8 Å². The number of nitrogens with one attached hydrogen (secondary N) is 2. The molecule has 1 amide bonds. The predicted octanol–water partition coefficient (Wildman–Crippen LogP) is 4.42. The topological polar surface area (TPSA) is 84.5 Å². The highest BCUT2D eigenvalue weighted by molar-refractivity contribution is 7.92. The number of sulfonamides is 1. The Bertz CT molecular complexity index is 1090. The van der Waals surface area contributed by atoms with Gasteiger partial charge in [-0.15, -0.1) is 0 Å². The quantitative estimate of drug-likeness (QED) is 0.553. The van der Waals surface area contributed by atoms with Crippen LogP contribution in [0.25, 0.3) is 0 Å². The fourth-order valence-electron chi connectivity index (χ4n) is 2.81. The second-order valence-corrected chi connectivity index (χ2v) is 9.29. The van der Waals surface area contributed by atoms with Gasteiger partial charge in [0.15, 0.2) is 0 Å². The minimum atomic E-state index is -4.53. The summed E-state index contributed by atoms with van der Waals surface area (Å²) in [7, 11) is -3.67. The third-order valence-electron chi connectivity index (χ3n) is 4.39. The minimum absolute atomic E-state index is 0.00465. The molecule has 0 spiro atoms. The monoisotopic (exact) mass is 476 g/mol. The normalized spacial score (nSPS) is 13.0. The van der Waals surface area contributed by atoms with Crippen LogP contribution >= 0.6 is 0 Å². The van der Waals surface area contributed by atoms with Crippen molar-refractivity contribution in [2.45, 2.75) is 45.5 Å². The van der Waals surface area contributed by atoms with Crippen molar-refractivity contribution in [3.63, 3.8) is 0 Å². The van der Waals surface area contributed by atoms with Gasteiger partial charge in [0, 0.05) is 12.1 Å². The van der Waals surface area contributed by atoms with Gasteiger partial charge in [0.25, 0.3) is 0 Å². The van der Waals surface area contributed by atoms with Crippen molar-refractivity contribution in [3.05, 3.63) is 58.9 Å². The molecule has 32 heavy (non-hydrogen) atoms. The number of benzene rings is 2. The molecule has 1 atom stereocenters. The molecular weight excluding hydrogens is 452 g/mol. The average Bonchev–Trinajstić information content (AvgIpc) is 2.65. The van der Waals surface area contributed by atoms with Crippen LogP contribution in [0, 0.1) is 5.82 Å². The molecule has 0 aromatic heterocycles. The van der Waals surface area contributed by atoms with E-state index < -0.39 is 39.4 Å². The number of anilines is 1. The van der Waals surface area contributed by atoms with Crippen LogP contribution in [0.15, 0.2) is 36.4 Å². The molecule has 0 aliphatic heterocycles. The summed E-state index contributed by atoms with van der Waals surface area (Å²) in [5.74, 6) is -2.14. The van der Waals surface area contributed by atoms with Crippen LogP contribution < -0.4 is 14.8 Å². The maximum atomic E-state index is 14.2. The van der Waals surface area contributed by atoms with E-state index in [2.05, 4.69) is 5.32 Å². The molecule has 6 nitrogen and oxygen atoms in total. The molecule has 0 heterocycles. The van der Waals surface area contributed by atoms with Crippen molar-refractivity contribution in [2.75, 3.05) is 11.0 Å². The van der Waals surface area contributed by atoms with E-state index in [1.165, 1.54) is 25.1 Å². The van der Waals surface area contributed by atoms with Crippen molar-refractivity contribution in [3.8, 4) is 5.75 Å². The number of hydrogen-bond donors (Lipinski definition) is 2. The maximum Gasteiger partial charge on any atom is 0.416 e. The summed E-state index contributed by atoms with van der Waals surface area (Å²) in [6.45, 7) is 4.76. The van der Waals surface area contributed by atoms with Gasteiger partial charge in [-0.05, 0) is 50.6 Å². The van der Waals surface area contributed by atoms with Gasteiger partial charge < -0.3 is 10.1 Å². The Morgan fingerprint density at radius 3 is 2.28 bits per heavy atom. The first-order valence-electron chi connectivity index (χ1n) is 9.59. The summed E-state index contributed by atoms with van der Waals surface area (Å²) in [5, 5.41) is 2.61. The zero-order valence-electron chi connectivity index (χ0n) is 17.9. The van der Waals surface area contributed by atoms with Crippen LogP contribution in [0.4, 0.5) is 23.2 Å². The first kappa shape index (κ1) is 25.4. The maximum absolute atomic E-state index is 14.2. The van der Waals surface area contributed by atoms with Crippen molar-refractivity contribution in [1.29, 1.82) is 0 Å². The minimum Gasteiger partial charge on any atom is -0.491 e. The Morgan fingerprint density at radius 2 is 1.75 bits per heavy atom. The number of carbonyl (C=O) groups excluding carboxylic acids is 1. The zero-order valence-corrected chi connectivity index (χ0v) is 18.7. The molecule has 0 bridgehead atoms. The summed E-state index contributed by atoms with van der Waals surface area (Å²) < 4.78 is 83.2. The number of halogens is 4. The van der Waals surface area contributed by atoms with Gasteiger partial charge in [-0.3, -0.25) is 9.52 Å². The number of carbonyl (C=O) groups is 1. The highest BCUT2D eigenvalue weighted by atomic mass is 32.2. The zero-order chi connectivity index (χ0) is 24.3. The highest BCUT2D eigenvalue weighted by Gasteiger charge is 2.31. The van der Waals surface area contributed by atoms with Gasteiger partial charge in [0.05, 0.1) is 29.5 Å². The first-order valence-corrected chi connectivity index (χ1v) is 11.5. The lowest BCUT2D eigenvalue weighted by Crippen LogP contribution is -2.28. The standard InChI is InChI=1S/C21H24F4N2O4S/c1-12(2)31-19-10-16(21(23,24)25)7-5-15(19)11-26-20(28)13(3)14-6-8-18(17(22)9-14)27-32(4,29)30/h5-10,12-13,27H,11H2,1-4H3,(H,26,28). The van der Waals surface area contributed by atoms with Gasteiger partial charge in [-0.1, -0.05) is 12.1 Å². The van der Waals surface area contributed by atoms with Gasteiger partial charge in [-0.25, -0.2) is 12.8 Å². The molecule has 0 aliphatic carbocycles. The SMILES string of the molecule is CC(C)Oc1cc(C(F)(F)F)ccc1CNC(=O)C(C)c1ccc(NS(C)(=O)=O)c(F)c1. The van der Waals surface area contributed by atoms with Crippen molar-refractivity contribution >= 4 is 21.6 Å². The van der Waals surface area contributed by atoms with Crippen LogP contribution in [-0.4, -0.2) is 26.7 Å². The van der Waals surface area contributed by atoms with Crippen LogP contribution in [0.2, 0.25) is 0 Å². The smallest absolute Gasteiger partial charge is 0.416 e. The molecule has 0 saturated carbocycles. The lowest BCUT2D eigenvalue weighted by atomic mass is 9.99. The second-order valence-electron chi connectivity index (χ2n) is 7.54. The largest absolute Gasteiger partial charge is 0.491 e. The van der Waals surface area contributed by atoms with Crippen molar-refractivity contribution in [1.82, 2.24) is 5.32 Å². The molecule has 2 rings (SSSR count). The van der Waals surface area contributed by atoms with Gasteiger partial charge in [0.1, 0.15) is 11.6 Å². The van der Waals surface area contributed by atoms with Gasteiger partial charge in [-0.2, -0.15) is 13.2 Å². The van der Waals surface area contributed by atoms with E-state index in [4.69, 9.17) is 4.74 Å². The van der Waals surface area contributed by atoms with Gasteiger partial charge >= 0.3 is 6.18 Å². The summed E-state index contributed by atoms with van der Waals surface area (Å²) in [4.78, 5) is 12.5. The number of rotatable bonds is 8. The molecule has 176 valence electrons. The molecule has 0 aliphatic rings. The Balaban J connectivity index is 2.15. The number of ether oxygens (including phenoxy) is 1. The van der Waals surface area contributed by atoms with E-state index in [-0.39, 0.29) is 24.1 Å². The third kappa shape index (κ3) is 7.11. The van der Waals surface area contributed by atoms with Gasteiger partial charge in [0.2, 0.25) is 15.9 Å². The third-order valence-corrected chi connectivity index (χ3v) is 4.98. The molecule has 0 saturated heterocycles. The molecule has 1 unspecified atom stereocenters. The predicted molar refractivity (Wildman–Crippen MR) is 112 cm³/mol. The molecule has 0 fully saturated rings. The second kappa shape index (κ2) is 9.76. The molecule has 2 aromatic carbocycles. The Hall–Kier alpha value is -2.82. The van der Waals surface area contributed by atoms with Crippen LogP contribution in [0.1, 0.15) is 43.4 Å². The Kier molecular flexibility index (Phi) is 7.76. The van der Waals surface area contributed by atoms with Crippen LogP contribution in [0.5, 0.6) is 5.75 Å². The van der Waals surface area contributed by atoms with E-state index >= 15 is 0 Å². The fourth-order valence-corrected chi connectivity index (χ4v) is 3.38. The lowest BCUT2D eigenvalue weighted by molar-refractivity contribution is -0.137. The van der Waals surface area contributed by atoms with Crippen LogP contribution in [-0.2, 0) is 27.5 Å². The first-order chi connectivity index (χ1) is 14.7. The summed E-state index contributed by atoms with van der Waals surface area (Å²) in [5.41, 5.74) is -0.463.